The third-order valence-electron chi connectivity index (χ3n) is 6.27. The Morgan fingerprint density at radius 3 is 2.79 bits per heavy atom. The van der Waals surface area contributed by atoms with Gasteiger partial charge in [0, 0.05) is 17.3 Å². The van der Waals surface area contributed by atoms with Crippen LogP contribution in [0.15, 0.2) is 52.9 Å². The van der Waals surface area contributed by atoms with E-state index in [1.54, 1.807) is 11.3 Å². The zero-order chi connectivity index (χ0) is 19.4. The third-order valence-corrected chi connectivity index (χ3v) is 7.38. The van der Waals surface area contributed by atoms with Crippen molar-refractivity contribution in [1.82, 2.24) is 15.2 Å². The normalized spacial score (nSPS) is 23.7. The summed E-state index contributed by atoms with van der Waals surface area (Å²) in [6.07, 6.45) is 2.35. The van der Waals surface area contributed by atoms with Gasteiger partial charge in [-0.2, -0.15) is 0 Å². The highest BCUT2D eigenvalue weighted by Gasteiger charge is 2.35. The number of amides is 1. The van der Waals surface area contributed by atoms with Gasteiger partial charge in [-0.15, -0.1) is 11.3 Å². The van der Waals surface area contributed by atoms with Gasteiger partial charge in [-0.05, 0) is 61.5 Å². The lowest BCUT2D eigenvalue weighted by Crippen LogP contribution is -2.57. The van der Waals surface area contributed by atoms with Gasteiger partial charge in [-0.3, -0.25) is 4.79 Å². The second kappa shape index (κ2) is 6.68. The van der Waals surface area contributed by atoms with Gasteiger partial charge in [-0.25, -0.2) is 4.98 Å². The number of hydrogen-bond acceptors (Lipinski definition) is 5. The number of aromatic nitrogens is 1. The van der Waals surface area contributed by atoms with Gasteiger partial charge in [0.25, 0.3) is 5.91 Å². The molecule has 1 atom stereocenters. The van der Waals surface area contributed by atoms with Crippen LogP contribution >= 0.6 is 11.3 Å². The monoisotopic (exact) mass is 403 g/mol. The van der Waals surface area contributed by atoms with Crippen LogP contribution in [-0.4, -0.2) is 41.5 Å². The molecule has 0 unspecified atom stereocenters. The molecule has 3 saturated heterocycles. The number of benzene rings is 2. The van der Waals surface area contributed by atoms with Crippen LogP contribution in [0, 0.1) is 5.92 Å². The van der Waals surface area contributed by atoms with Crippen LogP contribution in [0.25, 0.3) is 32.0 Å². The van der Waals surface area contributed by atoms with Crippen LogP contribution in [0.3, 0.4) is 0 Å². The van der Waals surface area contributed by atoms with E-state index in [1.165, 1.54) is 22.9 Å². The van der Waals surface area contributed by atoms with Crippen molar-refractivity contribution >= 4 is 38.4 Å². The van der Waals surface area contributed by atoms with Crippen LogP contribution in [0.2, 0.25) is 0 Å². The molecule has 6 heteroatoms. The number of nitrogens with one attached hydrogen (secondary N) is 1. The minimum Gasteiger partial charge on any atom is -0.435 e. The summed E-state index contributed by atoms with van der Waals surface area (Å²) >= 11 is 1.65. The third kappa shape index (κ3) is 2.94. The Labute approximate surface area is 172 Å². The first kappa shape index (κ1) is 17.2. The first-order valence-electron chi connectivity index (χ1n) is 10.2. The first-order chi connectivity index (χ1) is 14.2. The van der Waals surface area contributed by atoms with Crippen molar-refractivity contribution in [2.75, 3.05) is 19.6 Å². The van der Waals surface area contributed by atoms with Crippen LogP contribution < -0.4 is 5.32 Å². The molecule has 4 aromatic rings. The number of oxazole rings is 1. The molecule has 3 fully saturated rings. The molecule has 146 valence electrons. The summed E-state index contributed by atoms with van der Waals surface area (Å²) in [5.74, 6) is 1.12. The predicted octanol–water partition coefficient (Wildman–Crippen LogP) is 4.53. The van der Waals surface area contributed by atoms with Crippen molar-refractivity contribution in [2.24, 2.45) is 5.92 Å². The summed E-state index contributed by atoms with van der Waals surface area (Å²) in [6, 6.07) is 16.2. The largest absolute Gasteiger partial charge is 0.435 e. The maximum absolute atomic E-state index is 13.1. The van der Waals surface area contributed by atoms with E-state index < -0.39 is 0 Å². The average Bonchev–Trinajstić information content (AvgIpc) is 3.38. The molecule has 0 radical (unpaired) electrons. The quantitative estimate of drug-likeness (QED) is 0.546. The molecule has 0 aliphatic carbocycles. The van der Waals surface area contributed by atoms with E-state index in [4.69, 9.17) is 9.40 Å². The molecule has 2 bridgehead atoms. The number of nitrogens with zero attached hydrogens (tertiary/aromatic N) is 2. The van der Waals surface area contributed by atoms with E-state index in [9.17, 15) is 4.79 Å². The Morgan fingerprint density at radius 2 is 2.00 bits per heavy atom. The van der Waals surface area contributed by atoms with E-state index in [-0.39, 0.29) is 11.9 Å². The molecular formula is C23H21N3O2S. The lowest BCUT2D eigenvalue weighted by atomic mass is 9.84. The molecule has 5 nitrogen and oxygen atoms in total. The Balaban J connectivity index is 1.33. The molecule has 2 aromatic heterocycles. The van der Waals surface area contributed by atoms with Gasteiger partial charge < -0.3 is 14.6 Å². The van der Waals surface area contributed by atoms with Gasteiger partial charge in [-0.1, -0.05) is 24.3 Å². The highest BCUT2D eigenvalue weighted by Crippen LogP contribution is 2.35. The van der Waals surface area contributed by atoms with Crippen molar-refractivity contribution in [2.45, 2.75) is 18.9 Å². The summed E-state index contributed by atoms with van der Waals surface area (Å²) in [5.41, 5.74) is 1.88. The number of carbonyl (C=O) groups is 1. The van der Waals surface area contributed by atoms with Crippen molar-refractivity contribution in [3.63, 3.8) is 0 Å². The van der Waals surface area contributed by atoms with Crippen LogP contribution in [0.4, 0.5) is 0 Å². The molecule has 1 N–H and O–H groups in total. The Morgan fingerprint density at radius 1 is 1.14 bits per heavy atom. The SMILES string of the molecule is O=C(N[C@@H]1CN2CCC1CC2)c1cccc2oc(-c3cc4ccccc4s3)nc12. The molecule has 29 heavy (non-hydrogen) atoms. The Bertz CT molecular complexity index is 1190. The van der Waals surface area contributed by atoms with Gasteiger partial charge >= 0.3 is 0 Å². The van der Waals surface area contributed by atoms with Crippen molar-refractivity contribution in [1.29, 1.82) is 0 Å². The van der Waals surface area contributed by atoms with Crippen molar-refractivity contribution in [3.8, 4) is 10.8 Å². The topological polar surface area (TPSA) is 58.4 Å². The fourth-order valence-corrected chi connectivity index (χ4v) is 5.69. The van der Waals surface area contributed by atoms with E-state index in [0.29, 0.717) is 28.5 Å². The molecule has 3 aliphatic rings. The Hall–Kier alpha value is -2.70. The van der Waals surface area contributed by atoms with Gasteiger partial charge in [0.2, 0.25) is 5.89 Å². The second-order valence-corrected chi connectivity index (χ2v) is 9.12. The molecule has 0 saturated carbocycles. The van der Waals surface area contributed by atoms with Crippen LogP contribution in [-0.2, 0) is 0 Å². The highest BCUT2D eigenvalue weighted by atomic mass is 32.1. The minimum absolute atomic E-state index is 0.0504. The molecule has 1 amide bonds. The zero-order valence-electron chi connectivity index (χ0n) is 15.9. The van der Waals surface area contributed by atoms with E-state index in [2.05, 4.69) is 28.4 Å². The number of piperidine rings is 3. The van der Waals surface area contributed by atoms with Crippen molar-refractivity contribution in [3.05, 3.63) is 54.1 Å². The molecular weight excluding hydrogens is 382 g/mol. The summed E-state index contributed by atoms with van der Waals surface area (Å²) in [4.78, 5) is 21.2. The molecule has 7 rings (SSSR count). The van der Waals surface area contributed by atoms with Crippen LogP contribution in [0.5, 0.6) is 0 Å². The Kier molecular flexibility index (Phi) is 3.96. The fourth-order valence-electron chi connectivity index (χ4n) is 4.70. The maximum atomic E-state index is 13.1. The highest BCUT2D eigenvalue weighted by molar-refractivity contribution is 7.22. The summed E-state index contributed by atoms with van der Waals surface area (Å²) in [5, 5.41) is 4.45. The number of hydrogen-bond donors (Lipinski definition) is 1. The van der Waals surface area contributed by atoms with Gasteiger partial charge in [0.1, 0.15) is 5.52 Å². The average molecular weight is 404 g/mol. The van der Waals surface area contributed by atoms with E-state index >= 15 is 0 Å². The summed E-state index contributed by atoms with van der Waals surface area (Å²) in [6.45, 7) is 3.28. The predicted molar refractivity (Wildman–Crippen MR) is 115 cm³/mol. The van der Waals surface area contributed by atoms with Gasteiger partial charge in [0.05, 0.1) is 10.4 Å². The molecule has 5 heterocycles. The maximum Gasteiger partial charge on any atom is 0.253 e. The lowest BCUT2D eigenvalue weighted by molar-refractivity contribution is 0.0621. The lowest BCUT2D eigenvalue weighted by Gasteiger charge is -2.44. The molecule has 2 aromatic carbocycles. The van der Waals surface area contributed by atoms with E-state index in [0.717, 1.165) is 24.5 Å². The number of rotatable bonds is 3. The summed E-state index contributed by atoms with van der Waals surface area (Å²) in [7, 11) is 0. The van der Waals surface area contributed by atoms with Crippen molar-refractivity contribution < 1.29 is 9.21 Å². The summed E-state index contributed by atoms with van der Waals surface area (Å²) < 4.78 is 7.22. The van der Waals surface area contributed by atoms with E-state index in [1.807, 2.05) is 30.3 Å². The second-order valence-electron chi connectivity index (χ2n) is 8.04. The van der Waals surface area contributed by atoms with Crippen LogP contribution in [0.1, 0.15) is 23.2 Å². The zero-order valence-corrected chi connectivity index (χ0v) is 16.7. The smallest absolute Gasteiger partial charge is 0.253 e. The number of para-hydroxylation sites is 1. The molecule has 0 spiro atoms. The minimum atomic E-state index is -0.0504. The number of thiophene rings is 1. The first-order valence-corrected chi connectivity index (χ1v) is 11.0. The van der Waals surface area contributed by atoms with Gasteiger partial charge in [0.15, 0.2) is 5.58 Å². The molecule has 3 aliphatic heterocycles. The fraction of sp³-hybridized carbons (Fsp3) is 0.304. The standard InChI is InChI=1S/C23H21N3O2S/c27-22(24-17-13-26-10-8-14(17)9-11-26)16-5-3-6-18-21(16)25-23(28-18)20-12-15-4-1-2-7-19(15)29-20/h1-7,12,14,17H,8-11,13H2,(H,24,27)/t17-/m1/s1. The number of fused-ring (bicyclic) bond motifs is 5. The number of carbonyl (C=O) groups excluding carboxylic acids is 1.